The molecular weight excluding hydrogens is 640 g/mol. The van der Waals surface area contributed by atoms with Gasteiger partial charge in [0.2, 0.25) is 18.1 Å². The Kier molecular flexibility index (Phi) is 11.0. The lowest BCUT2D eigenvalue weighted by Crippen LogP contribution is -2.50. The van der Waals surface area contributed by atoms with Gasteiger partial charge >= 0.3 is 17.9 Å². The van der Waals surface area contributed by atoms with E-state index in [1.807, 2.05) is 56.8 Å². The minimum absolute atomic E-state index is 0.0584. The van der Waals surface area contributed by atoms with Crippen molar-refractivity contribution in [3.8, 4) is 6.07 Å². The number of amides is 4. The van der Waals surface area contributed by atoms with E-state index in [0.717, 1.165) is 12.1 Å². The highest BCUT2D eigenvalue weighted by Crippen LogP contribution is 2.26. The van der Waals surface area contributed by atoms with Gasteiger partial charge < -0.3 is 30.1 Å². The molecule has 5 rings (SSSR count). The zero-order chi connectivity index (χ0) is 36.0. The first-order valence-electron chi connectivity index (χ1n) is 16.8. The number of ether oxygens (including phenoxy) is 1. The Balaban J connectivity index is 1.14. The van der Waals surface area contributed by atoms with Crippen LogP contribution in [-0.2, 0) is 14.3 Å². The Morgan fingerprint density at radius 2 is 1.76 bits per heavy atom. The summed E-state index contributed by atoms with van der Waals surface area (Å²) in [5.41, 5.74) is 1.42. The van der Waals surface area contributed by atoms with Crippen molar-refractivity contribution in [3.63, 3.8) is 0 Å². The van der Waals surface area contributed by atoms with Gasteiger partial charge in [-0.05, 0) is 68.4 Å². The number of hydrogen-bond acceptors (Lipinski definition) is 9. The number of carbonyl (C=O) groups is 4. The van der Waals surface area contributed by atoms with Gasteiger partial charge in [-0.15, -0.1) is 0 Å². The van der Waals surface area contributed by atoms with E-state index in [1.54, 1.807) is 34.2 Å². The van der Waals surface area contributed by atoms with Crippen molar-refractivity contribution in [3.05, 3.63) is 42.9 Å². The molecule has 15 nitrogen and oxygen atoms in total. The molecule has 4 amide bonds. The zero-order valence-corrected chi connectivity index (χ0v) is 29.3. The van der Waals surface area contributed by atoms with E-state index in [-0.39, 0.29) is 36.8 Å². The van der Waals surface area contributed by atoms with E-state index in [0.29, 0.717) is 67.7 Å². The highest BCUT2D eigenvalue weighted by atomic mass is 16.6. The molecule has 3 aromatic rings. The van der Waals surface area contributed by atoms with Gasteiger partial charge in [-0.3, -0.25) is 14.2 Å². The quantitative estimate of drug-likeness (QED) is 0.280. The third kappa shape index (κ3) is 8.73. The minimum atomic E-state index is -0.535. The van der Waals surface area contributed by atoms with Gasteiger partial charge in [0, 0.05) is 62.8 Å². The average Bonchev–Trinajstić information content (AvgIpc) is 3.52. The van der Waals surface area contributed by atoms with Gasteiger partial charge in [0.05, 0.1) is 25.9 Å². The Morgan fingerprint density at radius 3 is 2.44 bits per heavy atom. The molecule has 0 spiro atoms. The molecule has 50 heavy (non-hydrogen) atoms. The first-order chi connectivity index (χ1) is 23.8. The van der Waals surface area contributed by atoms with Crippen LogP contribution in [0.3, 0.4) is 0 Å². The number of piperidine rings is 1. The highest BCUT2D eigenvalue weighted by Gasteiger charge is 2.30. The molecule has 2 aliphatic heterocycles. The summed E-state index contributed by atoms with van der Waals surface area (Å²) in [6.45, 7) is 11.0. The molecule has 0 aliphatic carbocycles. The SMILES string of the molecule is C[C@@H]1CCN(C(=O)CC#N)CC1C=[N+](C)c1ncnc2c1ccn2C(=O)NCC(=O)Nc1ccc(N2CCN(C(=O)OC(C)(C)C)CC2)cc1. The Bertz CT molecular complexity index is 1800. The molecule has 2 aliphatic rings. The fraction of sp³-hybridized carbons (Fsp3) is 0.486. The van der Waals surface area contributed by atoms with Crippen LogP contribution in [0.25, 0.3) is 11.0 Å². The summed E-state index contributed by atoms with van der Waals surface area (Å²) in [6, 6.07) is 10.6. The second-order valence-corrected chi connectivity index (χ2v) is 13.7. The summed E-state index contributed by atoms with van der Waals surface area (Å²) >= 11 is 0. The number of nitriles is 1. The maximum Gasteiger partial charge on any atom is 0.410 e. The Labute approximate surface area is 291 Å². The van der Waals surface area contributed by atoms with Crippen molar-refractivity contribution in [2.24, 2.45) is 11.8 Å². The van der Waals surface area contributed by atoms with Gasteiger partial charge in [0.1, 0.15) is 17.4 Å². The number of aromatic nitrogens is 3. The Morgan fingerprint density at radius 1 is 1.04 bits per heavy atom. The maximum absolute atomic E-state index is 13.1. The monoisotopic (exact) mass is 685 g/mol. The summed E-state index contributed by atoms with van der Waals surface area (Å²) in [5, 5.41) is 15.0. The van der Waals surface area contributed by atoms with E-state index < -0.39 is 11.6 Å². The van der Waals surface area contributed by atoms with Crippen LogP contribution < -0.4 is 15.5 Å². The van der Waals surface area contributed by atoms with Crippen LogP contribution >= 0.6 is 0 Å². The van der Waals surface area contributed by atoms with E-state index in [4.69, 9.17) is 10.00 Å². The topological polar surface area (TPSA) is 169 Å². The van der Waals surface area contributed by atoms with Crippen LogP contribution in [-0.4, -0.2) is 118 Å². The van der Waals surface area contributed by atoms with Crippen LogP contribution in [0.5, 0.6) is 0 Å². The average molecular weight is 686 g/mol. The molecule has 2 atom stereocenters. The number of rotatable bonds is 7. The lowest BCUT2D eigenvalue weighted by atomic mass is 9.87. The zero-order valence-electron chi connectivity index (χ0n) is 29.3. The minimum Gasteiger partial charge on any atom is -0.444 e. The fourth-order valence-electron chi connectivity index (χ4n) is 6.12. The first-order valence-corrected chi connectivity index (χ1v) is 16.8. The lowest BCUT2D eigenvalue weighted by Gasteiger charge is -2.36. The fourth-order valence-corrected chi connectivity index (χ4v) is 6.12. The van der Waals surface area contributed by atoms with Crippen molar-refractivity contribution in [2.45, 2.75) is 46.1 Å². The largest absolute Gasteiger partial charge is 0.444 e. The molecule has 0 saturated carbocycles. The second-order valence-electron chi connectivity index (χ2n) is 13.7. The number of hydrogen-bond donors (Lipinski definition) is 2. The standard InChI is InChI=1S/C35H44N10O5/c1-24-11-14-44(30(47)10-13-36)22-25(24)21-41(5)31-28-12-15-45(32(28)39-23-38-31)33(48)37-20-29(46)40-26-6-8-27(9-7-26)42-16-18-43(19-17-42)34(49)50-35(2,3)4/h6-9,12,15,21,23-25H,10-11,14,16-20,22H2,1-5H3,(H-,37,40,46,48)/p+1/t24-,25?/m1/s1. The van der Waals surface area contributed by atoms with Gasteiger partial charge in [-0.2, -0.15) is 10.2 Å². The van der Waals surface area contributed by atoms with Crippen LogP contribution in [0.1, 0.15) is 40.5 Å². The molecule has 264 valence electrons. The van der Waals surface area contributed by atoms with Crippen molar-refractivity contribution in [1.29, 1.82) is 5.26 Å². The third-order valence-corrected chi connectivity index (χ3v) is 8.88. The molecule has 2 N–H and O–H groups in total. The third-order valence-electron chi connectivity index (χ3n) is 8.88. The van der Waals surface area contributed by atoms with Gasteiger partial charge in [-0.1, -0.05) is 6.92 Å². The van der Waals surface area contributed by atoms with Crippen LogP contribution in [0.4, 0.5) is 26.8 Å². The molecule has 0 radical (unpaired) electrons. The first kappa shape index (κ1) is 35.8. The molecule has 1 aromatic carbocycles. The summed E-state index contributed by atoms with van der Waals surface area (Å²) in [4.78, 5) is 64.9. The molecule has 15 heteroatoms. The highest BCUT2D eigenvalue weighted by molar-refractivity contribution is 5.97. The maximum atomic E-state index is 13.1. The van der Waals surface area contributed by atoms with Crippen LogP contribution in [0.15, 0.2) is 42.9 Å². The van der Waals surface area contributed by atoms with E-state index in [2.05, 4.69) is 32.4 Å². The van der Waals surface area contributed by atoms with Crippen molar-refractivity contribution in [2.75, 3.05) is 63.1 Å². The second kappa shape index (κ2) is 15.4. The van der Waals surface area contributed by atoms with E-state index >= 15 is 0 Å². The molecule has 4 heterocycles. The lowest BCUT2D eigenvalue weighted by molar-refractivity contribution is -0.405. The molecule has 2 saturated heterocycles. The van der Waals surface area contributed by atoms with Gasteiger partial charge in [-0.25, -0.2) is 14.2 Å². The number of fused-ring (bicyclic) bond motifs is 1. The molecule has 2 fully saturated rings. The van der Waals surface area contributed by atoms with Crippen molar-refractivity contribution in [1.82, 2.24) is 29.7 Å². The molecule has 2 aromatic heterocycles. The van der Waals surface area contributed by atoms with Gasteiger partial charge in [0.15, 0.2) is 5.65 Å². The molecular formula is C35H45N10O5+. The number of nitrogens with zero attached hydrogens (tertiary/aromatic N) is 8. The van der Waals surface area contributed by atoms with E-state index in [9.17, 15) is 19.2 Å². The normalized spacial score (nSPS) is 18.4. The van der Waals surface area contributed by atoms with Crippen molar-refractivity contribution >= 4 is 58.4 Å². The van der Waals surface area contributed by atoms with Gasteiger partial charge in [0.25, 0.3) is 0 Å². The van der Waals surface area contributed by atoms with Crippen LogP contribution in [0, 0.1) is 23.2 Å². The summed E-state index contributed by atoms with van der Waals surface area (Å²) in [5.74, 6) is 0.433. The van der Waals surface area contributed by atoms with Crippen molar-refractivity contribution < 1.29 is 28.5 Å². The summed E-state index contributed by atoms with van der Waals surface area (Å²) in [7, 11) is 1.87. The number of likely N-dealkylation sites (tertiary alicyclic amines) is 1. The predicted molar refractivity (Wildman–Crippen MR) is 187 cm³/mol. The smallest absolute Gasteiger partial charge is 0.410 e. The summed E-state index contributed by atoms with van der Waals surface area (Å²) in [6.07, 6.45) is 5.39. The number of piperazine rings is 1. The number of benzene rings is 1. The Hall–Kier alpha value is -5.52. The van der Waals surface area contributed by atoms with E-state index in [1.165, 1.54) is 10.9 Å². The van der Waals surface area contributed by atoms with Crippen LogP contribution in [0.2, 0.25) is 0 Å². The number of nitrogens with one attached hydrogen (secondary N) is 2. The summed E-state index contributed by atoms with van der Waals surface area (Å²) < 4.78 is 8.70. The number of anilines is 2. The number of carbonyl (C=O) groups excluding carboxylic acids is 4. The molecule has 1 unspecified atom stereocenters. The predicted octanol–water partition coefficient (Wildman–Crippen LogP) is 3.43. The molecule has 0 bridgehead atoms.